The summed E-state index contributed by atoms with van der Waals surface area (Å²) in [5.41, 5.74) is 2.50. The normalized spacial score (nSPS) is 16.6. The molecule has 0 spiro atoms. The molecule has 0 amide bonds. The molecule has 1 heterocycles. The van der Waals surface area contributed by atoms with Gasteiger partial charge in [0.05, 0.1) is 5.60 Å². The smallest absolute Gasteiger partial charge is 0.162 e. The van der Waals surface area contributed by atoms with Crippen LogP contribution in [0.3, 0.4) is 0 Å². The zero-order valence-corrected chi connectivity index (χ0v) is 14.9. The summed E-state index contributed by atoms with van der Waals surface area (Å²) in [5.74, 6) is 0.213. The van der Waals surface area contributed by atoms with Crippen molar-refractivity contribution in [1.82, 2.24) is 0 Å². The van der Waals surface area contributed by atoms with Crippen molar-refractivity contribution in [3.63, 3.8) is 0 Å². The van der Waals surface area contributed by atoms with Gasteiger partial charge in [0, 0.05) is 37.2 Å². The molecule has 3 nitrogen and oxygen atoms in total. The number of hydrogen-bond acceptors (Lipinski definition) is 3. The van der Waals surface area contributed by atoms with E-state index in [2.05, 4.69) is 17.0 Å². The summed E-state index contributed by atoms with van der Waals surface area (Å²) < 4.78 is 0. The summed E-state index contributed by atoms with van der Waals surface area (Å²) in [4.78, 5) is 14.2. The Labute approximate surface area is 150 Å². The topological polar surface area (TPSA) is 40.5 Å². The minimum absolute atomic E-state index is 0.213. The molecule has 0 unspecified atom stereocenters. The highest BCUT2D eigenvalue weighted by Crippen LogP contribution is 2.29. The van der Waals surface area contributed by atoms with E-state index >= 15 is 0 Å². The Kier molecular flexibility index (Phi) is 5.54. The number of benzene rings is 2. The van der Waals surface area contributed by atoms with Crippen LogP contribution in [0, 0.1) is 0 Å². The quantitative estimate of drug-likeness (QED) is 0.801. The Balaban J connectivity index is 1.59. The summed E-state index contributed by atoms with van der Waals surface area (Å²) in [6.45, 7) is 3.70. The number of hydrogen-bond donors (Lipinski definition) is 1. The van der Waals surface area contributed by atoms with Gasteiger partial charge < -0.3 is 10.0 Å². The van der Waals surface area contributed by atoms with Gasteiger partial charge in [-0.05, 0) is 49.1 Å². The SMILES string of the molecule is CCCC(=O)c1ccc(N2CCC(O)(Cc3ccccc3)CC2)cc1. The zero-order chi connectivity index (χ0) is 17.7. The van der Waals surface area contributed by atoms with E-state index in [1.165, 1.54) is 5.56 Å². The average Bonchev–Trinajstić information content (AvgIpc) is 2.63. The van der Waals surface area contributed by atoms with E-state index in [1.807, 2.05) is 49.4 Å². The maximum Gasteiger partial charge on any atom is 0.162 e. The minimum Gasteiger partial charge on any atom is -0.389 e. The maximum atomic E-state index is 11.9. The summed E-state index contributed by atoms with van der Waals surface area (Å²) >= 11 is 0. The number of carbonyl (C=O) groups excluding carboxylic acids is 1. The van der Waals surface area contributed by atoms with Crippen LogP contribution in [-0.4, -0.2) is 29.6 Å². The monoisotopic (exact) mass is 337 g/mol. The molecule has 132 valence electrons. The summed E-state index contributed by atoms with van der Waals surface area (Å²) in [7, 11) is 0. The highest BCUT2D eigenvalue weighted by atomic mass is 16.3. The van der Waals surface area contributed by atoms with Crippen molar-refractivity contribution in [2.75, 3.05) is 18.0 Å². The molecule has 2 aromatic rings. The molecule has 1 aliphatic heterocycles. The van der Waals surface area contributed by atoms with Gasteiger partial charge in [0.25, 0.3) is 0 Å². The van der Waals surface area contributed by atoms with Gasteiger partial charge in [-0.3, -0.25) is 4.79 Å². The predicted octanol–water partition coefficient (Wildman–Crippen LogP) is 4.24. The first kappa shape index (κ1) is 17.7. The third kappa shape index (κ3) is 4.49. The molecule has 2 aromatic carbocycles. The van der Waals surface area contributed by atoms with Crippen LogP contribution < -0.4 is 4.90 Å². The van der Waals surface area contributed by atoms with Gasteiger partial charge in [-0.1, -0.05) is 37.3 Å². The molecular weight excluding hydrogens is 310 g/mol. The fraction of sp³-hybridized carbons (Fsp3) is 0.409. The molecule has 1 saturated heterocycles. The van der Waals surface area contributed by atoms with Gasteiger partial charge in [0.1, 0.15) is 0 Å². The van der Waals surface area contributed by atoms with Crippen LogP contribution >= 0.6 is 0 Å². The third-order valence-electron chi connectivity index (χ3n) is 5.10. The van der Waals surface area contributed by atoms with Crippen LogP contribution in [0.2, 0.25) is 0 Å². The number of piperidine rings is 1. The first-order chi connectivity index (χ1) is 12.1. The number of ketones is 1. The van der Waals surface area contributed by atoms with E-state index in [-0.39, 0.29) is 5.78 Å². The highest BCUT2D eigenvalue weighted by molar-refractivity contribution is 5.96. The molecule has 0 atom stereocenters. The van der Waals surface area contributed by atoms with E-state index in [9.17, 15) is 9.90 Å². The van der Waals surface area contributed by atoms with E-state index in [1.54, 1.807) is 0 Å². The van der Waals surface area contributed by atoms with Crippen molar-refractivity contribution in [2.24, 2.45) is 0 Å². The minimum atomic E-state index is -0.616. The highest BCUT2D eigenvalue weighted by Gasteiger charge is 2.32. The fourth-order valence-corrected chi connectivity index (χ4v) is 3.56. The largest absolute Gasteiger partial charge is 0.389 e. The Morgan fingerprint density at radius 3 is 2.28 bits per heavy atom. The lowest BCUT2D eigenvalue weighted by molar-refractivity contribution is 0.0165. The summed E-state index contributed by atoms with van der Waals surface area (Å²) in [6, 6.07) is 18.1. The molecule has 1 fully saturated rings. The van der Waals surface area contributed by atoms with Gasteiger partial charge >= 0.3 is 0 Å². The number of anilines is 1. The van der Waals surface area contributed by atoms with E-state index in [0.717, 1.165) is 43.6 Å². The maximum absolute atomic E-state index is 11.9. The molecule has 0 saturated carbocycles. The Morgan fingerprint density at radius 2 is 1.68 bits per heavy atom. The number of Topliss-reactive ketones (excluding diaryl/α,β-unsaturated/α-hetero) is 1. The van der Waals surface area contributed by atoms with Crippen LogP contribution in [0.25, 0.3) is 0 Å². The second-order valence-corrected chi connectivity index (χ2v) is 7.09. The number of aliphatic hydroxyl groups is 1. The lowest BCUT2D eigenvalue weighted by Gasteiger charge is -2.39. The predicted molar refractivity (Wildman–Crippen MR) is 102 cm³/mol. The summed E-state index contributed by atoms with van der Waals surface area (Å²) in [6.07, 6.45) is 3.73. The first-order valence-corrected chi connectivity index (χ1v) is 9.24. The molecule has 3 heteroatoms. The molecule has 1 aliphatic rings. The average molecular weight is 337 g/mol. The van der Waals surface area contributed by atoms with Crippen molar-refractivity contribution in [1.29, 1.82) is 0 Å². The molecule has 25 heavy (non-hydrogen) atoms. The van der Waals surface area contributed by atoms with E-state index < -0.39 is 5.60 Å². The molecule has 0 radical (unpaired) electrons. The molecule has 0 bridgehead atoms. The third-order valence-corrected chi connectivity index (χ3v) is 5.10. The lowest BCUT2D eigenvalue weighted by atomic mass is 9.85. The van der Waals surface area contributed by atoms with Crippen molar-refractivity contribution in [3.05, 3.63) is 65.7 Å². The Bertz CT molecular complexity index is 686. The lowest BCUT2D eigenvalue weighted by Crippen LogP contribution is -2.45. The second kappa shape index (κ2) is 7.83. The molecule has 0 aliphatic carbocycles. The first-order valence-electron chi connectivity index (χ1n) is 9.24. The van der Waals surface area contributed by atoms with Gasteiger partial charge in [-0.25, -0.2) is 0 Å². The molecule has 1 N–H and O–H groups in total. The van der Waals surface area contributed by atoms with Gasteiger partial charge in [0.15, 0.2) is 5.78 Å². The van der Waals surface area contributed by atoms with E-state index in [0.29, 0.717) is 12.8 Å². The van der Waals surface area contributed by atoms with Crippen LogP contribution in [0.1, 0.15) is 48.5 Å². The zero-order valence-electron chi connectivity index (χ0n) is 14.9. The van der Waals surface area contributed by atoms with Crippen molar-refractivity contribution < 1.29 is 9.90 Å². The van der Waals surface area contributed by atoms with Gasteiger partial charge in [-0.2, -0.15) is 0 Å². The fourth-order valence-electron chi connectivity index (χ4n) is 3.56. The Morgan fingerprint density at radius 1 is 1.04 bits per heavy atom. The van der Waals surface area contributed by atoms with Crippen LogP contribution in [0.15, 0.2) is 54.6 Å². The van der Waals surface area contributed by atoms with Crippen LogP contribution in [-0.2, 0) is 6.42 Å². The molecule has 3 rings (SSSR count). The van der Waals surface area contributed by atoms with Gasteiger partial charge in [0.2, 0.25) is 0 Å². The number of carbonyl (C=O) groups is 1. The number of nitrogens with zero attached hydrogens (tertiary/aromatic N) is 1. The van der Waals surface area contributed by atoms with Crippen molar-refractivity contribution in [2.45, 2.75) is 44.6 Å². The Hall–Kier alpha value is -2.13. The molecular formula is C22H27NO2. The van der Waals surface area contributed by atoms with Crippen LogP contribution in [0.5, 0.6) is 0 Å². The number of rotatable bonds is 6. The van der Waals surface area contributed by atoms with E-state index in [4.69, 9.17) is 0 Å². The molecule has 0 aromatic heterocycles. The second-order valence-electron chi connectivity index (χ2n) is 7.09. The van der Waals surface area contributed by atoms with Crippen LogP contribution in [0.4, 0.5) is 5.69 Å². The standard InChI is InChI=1S/C22H27NO2/c1-2-6-21(24)19-9-11-20(12-10-19)23-15-13-22(25,14-16-23)17-18-7-4-3-5-8-18/h3-5,7-12,25H,2,6,13-17H2,1H3. The van der Waals surface area contributed by atoms with Crippen molar-refractivity contribution in [3.8, 4) is 0 Å². The summed E-state index contributed by atoms with van der Waals surface area (Å²) in [5, 5.41) is 10.9. The van der Waals surface area contributed by atoms with Crippen molar-refractivity contribution >= 4 is 11.5 Å². The van der Waals surface area contributed by atoms with Gasteiger partial charge in [-0.15, -0.1) is 0 Å².